The van der Waals surface area contributed by atoms with Crippen LogP contribution in [0.15, 0.2) is 0 Å². The summed E-state index contributed by atoms with van der Waals surface area (Å²) in [6.45, 7) is 9.97. The Bertz CT molecular complexity index is 191. The van der Waals surface area contributed by atoms with Gasteiger partial charge in [0.1, 0.15) is 0 Å². The second-order valence-electron chi connectivity index (χ2n) is 5.25. The topological polar surface area (TPSA) is 44.6 Å². The van der Waals surface area contributed by atoms with Crippen molar-refractivity contribution in [2.45, 2.75) is 59.3 Å². The van der Waals surface area contributed by atoms with E-state index in [1.807, 2.05) is 4.90 Å². The van der Waals surface area contributed by atoms with E-state index in [4.69, 9.17) is 9.90 Å². The van der Waals surface area contributed by atoms with Crippen LogP contribution in [-0.2, 0) is 4.79 Å². The summed E-state index contributed by atoms with van der Waals surface area (Å²) in [6, 6.07) is 0. The van der Waals surface area contributed by atoms with Crippen LogP contribution >= 0.6 is 0 Å². The lowest BCUT2D eigenvalue weighted by Gasteiger charge is -2.11. The SMILES string of the molecule is CC(=O)[O-].CCCCCCC[NH+]1CCC(C)C1. The van der Waals surface area contributed by atoms with Crippen molar-refractivity contribution in [1.82, 2.24) is 0 Å². The number of unbranched alkanes of at least 4 members (excludes halogenated alkanes) is 4. The number of carboxylic acids is 1. The molecule has 0 aromatic rings. The molecule has 0 aromatic carbocycles. The van der Waals surface area contributed by atoms with Crippen molar-refractivity contribution in [2.75, 3.05) is 19.6 Å². The van der Waals surface area contributed by atoms with E-state index in [1.54, 1.807) is 0 Å². The molecular formula is C14H29NO2. The van der Waals surface area contributed by atoms with Crippen LogP contribution in [0.3, 0.4) is 0 Å². The van der Waals surface area contributed by atoms with Gasteiger partial charge in [0.25, 0.3) is 0 Å². The van der Waals surface area contributed by atoms with Gasteiger partial charge >= 0.3 is 0 Å². The van der Waals surface area contributed by atoms with Gasteiger partial charge < -0.3 is 14.8 Å². The lowest BCUT2D eigenvalue weighted by molar-refractivity contribution is -0.889. The molecule has 17 heavy (non-hydrogen) atoms. The molecule has 0 spiro atoms. The molecule has 2 unspecified atom stereocenters. The highest BCUT2D eigenvalue weighted by Crippen LogP contribution is 2.03. The second-order valence-corrected chi connectivity index (χ2v) is 5.25. The molecule has 1 rings (SSSR count). The fourth-order valence-electron chi connectivity index (χ4n) is 2.35. The van der Waals surface area contributed by atoms with Crippen LogP contribution in [0.4, 0.5) is 0 Å². The summed E-state index contributed by atoms with van der Waals surface area (Å²) >= 11 is 0. The summed E-state index contributed by atoms with van der Waals surface area (Å²) < 4.78 is 0. The summed E-state index contributed by atoms with van der Waals surface area (Å²) in [6.07, 6.45) is 8.65. The molecule has 1 N–H and O–H groups in total. The standard InChI is InChI=1S/C12H25N.C2H4O2/c1-3-4-5-6-7-9-13-10-8-12(2)11-13;1-2(3)4/h12H,3-11H2,1-2H3;1H3,(H,3,4). The van der Waals surface area contributed by atoms with Gasteiger partial charge in [-0.25, -0.2) is 0 Å². The van der Waals surface area contributed by atoms with E-state index in [0.29, 0.717) is 0 Å². The highest BCUT2D eigenvalue weighted by molar-refractivity contribution is 5.60. The first-order valence-corrected chi connectivity index (χ1v) is 7.07. The Morgan fingerprint density at radius 2 is 1.88 bits per heavy atom. The van der Waals surface area contributed by atoms with Gasteiger partial charge in [0.2, 0.25) is 0 Å². The molecule has 0 radical (unpaired) electrons. The summed E-state index contributed by atoms with van der Waals surface area (Å²) in [5, 5.41) is 8.89. The number of quaternary nitrogens is 1. The molecule has 0 amide bonds. The van der Waals surface area contributed by atoms with Gasteiger partial charge in [-0.3, -0.25) is 0 Å². The molecule has 0 bridgehead atoms. The Morgan fingerprint density at radius 3 is 2.35 bits per heavy atom. The van der Waals surface area contributed by atoms with E-state index in [1.165, 1.54) is 58.2 Å². The Hall–Kier alpha value is -0.570. The molecule has 1 heterocycles. The molecular weight excluding hydrogens is 214 g/mol. The Balaban J connectivity index is 0.000000557. The number of hydrogen-bond acceptors (Lipinski definition) is 2. The molecule has 1 aliphatic rings. The van der Waals surface area contributed by atoms with E-state index in [9.17, 15) is 0 Å². The van der Waals surface area contributed by atoms with Crippen LogP contribution in [-0.4, -0.2) is 25.6 Å². The molecule has 1 fully saturated rings. The summed E-state index contributed by atoms with van der Waals surface area (Å²) in [5.74, 6) is -0.0920. The molecule has 3 heteroatoms. The summed E-state index contributed by atoms with van der Waals surface area (Å²) in [5.41, 5.74) is 0. The van der Waals surface area contributed by atoms with Crippen molar-refractivity contribution >= 4 is 5.97 Å². The van der Waals surface area contributed by atoms with E-state index in [0.717, 1.165) is 12.8 Å². The average Bonchev–Trinajstić information content (AvgIpc) is 2.63. The number of carboxylic acid groups (broad SMARTS) is 1. The van der Waals surface area contributed by atoms with Gasteiger partial charge in [-0.15, -0.1) is 0 Å². The normalized spacial score (nSPS) is 23.0. The molecule has 3 nitrogen and oxygen atoms in total. The number of carbonyl (C=O) groups excluding carboxylic acids is 1. The van der Waals surface area contributed by atoms with E-state index in [-0.39, 0.29) is 0 Å². The Kier molecular flexibility index (Phi) is 10.2. The largest absolute Gasteiger partial charge is 0.550 e. The lowest BCUT2D eigenvalue weighted by Crippen LogP contribution is -3.10. The van der Waals surface area contributed by atoms with Gasteiger partial charge in [0.15, 0.2) is 0 Å². The van der Waals surface area contributed by atoms with E-state index in [2.05, 4.69) is 13.8 Å². The second kappa shape index (κ2) is 10.6. The predicted octanol–water partition coefficient (Wildman–Crippen LogP) is 0.638. The minimum absolute atomic E-state index is 0.972. The van der Waals surface area contributed by atoms with Crippen LogP contribution in [0.5, 0.6) is 0 Å². The fourth-order valence-corrected chi connectivity index (χ4v) is 2.35. The first kappa shape index (κ1) is 16.4. The fraction of sp³-hybridized carbons (Fsp3) is 0.929. The van der Waals surface area contributed by atoms with Crippen LogP contribution in [0.2, 0.25) is 0 Å². The molecule has 2 atom stereocenters. The van der Waals surface area contributed by atoms with E-state index < -0.39 is 5.97 Å². The van der Waals surface area contributed by atoms with Crippen molar-refractivity contribution < 1.29 is 14.8 Å². The van der Waals surface area contributed by atoms with E-state index >= 15 is 0 Å². The van der Waals surface area contributed by atoms with Crippen LogP contribution < -0.4 is 10.0 Å². The lowest BCUT2D eigenvalue weighted by atomic mass is 10.1. The number of hydrogen-bond donors (Lipinski definition) is 1. The van der Waals surface area contributed by atoms with Gasteiger partial charge in [-0.05, 0) is 19.8 Å². The number of likely N-dealkylation sites (tertiary alicyclic amines) is 1. The Labute approximate surface area is 106 Å². The molecule has 0 saturated carbocycles. The zero-order chi connectivity index (χ0) is 13.1. The van der Waals surface area contributed by atoms with Gasteiger partial charge in [0.05, 0.1) is 19.6 Å². The highest BCUT2D eigenvalue weighted by Gasteiger charge is 2.21. The number of nitrogens with one attached hydrogen (secondary N) is 1. The minimum Gasteiger partial charge on any atom is -0.550 e. The van der Waals surface area contributed by atoms with Crippen molar-refractivity contribution in [3.05, 3.63) is 0 Å². The average molecular weight is 243 g/mol. The number of carbonyl (C=O) groups is 1. The highest BCUT2D eigenvalue weighted by atomic mass is 16.4. The third-order valence-electron chi connectivity index (χ3n) is 3.26. The van der Waals surface area contributed by atoms with Crippen molar-refractivity contribution in [3.63, 3.8) is 0 Å². The third kappa shape index (κ3) is 11.7. The van der Waals surface area contributed by atoms with Gasteiger partial charge in [0, 0.05) is 18.3 Å². The maximum absolute atomic E-state index is 8.89. The first-order valence-electron chi connectivity index (χ1n) is 7.07. The zero-order valence-corrected chi connectivity index (χ0v) is 11.8. The van der Waals surface area contributed by atoms with Crippen LogP contribution in [0, 0.1) is 5.92 Å². The zero-order valence-electron chi connectivity index (χ0n) is 11.8. The summed E-state index contributed by atoms with van der Waals surface area (Å²) in [4.78, 5) is 10.8. The van der Waals surface area contributed by atoms with Crippen LogP contribution in [0.1, 0.15) is 59.3 Å². The smallest absolute Gasteiger partial charge is 0.0799 e. The molecule has 102 valence electrons. The van der Waals surface area contributed by atoms with Crippen molar-refractivity contribution in [3.8, 4) is 0 Å². The molecule has 1 saturated heterocycles. The van der Waals surface area contributed by atoms with Crippen molar-refractivity contribution in [2.24, 2.45) is 5.92 Å². The Morgan fingerprint density at radius 1 is 1.29 bits per heavy atom. The van der Waals surface area contributed by atoms with Crippen LogP contribution in [0.25, 0.3) is 0 Å². The van der Waals surface area contributed by atoms with Crippen molar-refractivity contribution in [1.29, 1.82) is 0 Å². The monoisotopic (exact) mass is 243 g/mol. The van der Waals surface area contributed by atoms with Gasteiger partial charge in [-0.1, -0.05) is 33.1 Å². The molecule has 0 aliphatic carbocycles. The quantitative estimate of drug-likeness (QED) is 0.696. The third-order valence-corrected chi connectivity index (χ3v) is 3.26. The predicted molar refractivity (Wildman–Crippen MR) is 68.8 cm³/mol. The molecule has 0 aromatic heterocycles. The summed E-state index contributed by atoms with van der Waals surface area (Å²) in [7, 11) is 0. The maximum atomic E-state index is 8.89. The van der Waals surface area contributed by atoms with Gasteiger partial charge in [-0.2, -0.15) is 0 Å². The minimum atomic E-state index is -1.08. The number of aliphatic carboxylic acids is 1. The molecule has 1 aliphatic heterocycles. The first-order chi connectivity index (χ1) is 8.06. The maximum Gasteiger partial charge on any atom is 0.0799 e. The number of rotatable bonds is 6.